The molecule has 0 unspecified atom stereocenters. The summed E-state index contributed by atoms with van der Waals surface area (Å²) in [6.07, 6.45) is -3.70. The zero-order valence-corrected chi connectivity index (χ0v) is 15.4. The molecule has 2 aromatic carbocycles. The van der Waals surface area contributed by atoms with Gasteiger partial charge in [-0.2, -0.15) is 18.2 Å². The molecular weight excluding hydrogens is 375 g/mol. The summed E-state index contributed by atoms with van der Waals surface area (Å²) in [6.45, 7) is 1.34. The molecule has 0 aliphatic heterocycles. The Morgan fingerprint density at radius 3 is 2.57 bits per heavy atom. The molecule has 1 aliphatic rings. The third-order valence-corrected chi connectivity index (χ3v) is 4.59. The number of carbonyl (C=O) groups excluding carboxylic acids is 1. The SMILES string of the molecule is COC(=O)N(O)c1cccc(C2CC2)c1COc1ccc(C)cc1C(F)(F)F. The number of hydrogen-bond donors (Lipinski definition) is 1. The van der Waals surface area contributed by atoms with Crippen molar-refractivity contribution in [1.29, 1.82) is 0 Å². The quantitative estimate of drug-likeness (QED) is 0.542. The van der Waals surface area contributed by atoms with Crippen LogP contribution in [0.15, 0.2) is 36.4 Å². The van der Waals surface area contributed by atoms with E-state index in [4.69, 9.17) is 4.74 Å². The highest BCUT2D eigenvalue weighted by molar-refractivity contribution is 5.86. The van der Waals surface area contributed by atoms with Crippen LogP contribution in [-0.4, -0.2) is 18.4 Å². The van der Waals surface area contributed by atoms with Crippen molar-refractivity contribution in [3.05, 3.63) is 58.7 Å². The predicted molar refractivity (Wildman–Crippen MR) is 95.6 cm³/mol. The van der Waals surface area contributed by atoms with Gasteiger partial charge in [0.15, 0.2) is 0 Å². The molecule has 1 N–H and O–H groups in total. The van der Waals surface area contributed by atoms with Crippen LogP contribution in [0.1, 0.15) is 41.0 Å². The molecule has 0 aromatic heterocycles. The minimum Gasteiger partial charge on any atom is -0.488 e. The Hall–Kier alpha value is -2.74. The molecule has 1 amide bonds. The average molecular weight is 395 g/mol. The van der Waals surface area contributed by atoms with Crippen LogP contribution in [0.5, 0.6) is 5.75 Å². The zero-order valence-electron chi connectivity index (χ0n) is 15.4. The number of carbonyl (C=O) groups is 1. The summed E-state index contributed by atoms with van der Waals surface area (Å²) < 4.78 is 50.1. The number of halogens is 3. The molecule has 1 aliphatic carbocycles. The van der Waals surface area contributed by atoms with Crippen molar-refractivity contribution < 1.29 is 32.6 Å². The van der Waals surface area contributed by atoms with Gasteiger partial charge in [-0.3, -0.25) is 5.21 Å². The van der Waals surface area contributed by atoms with Gasteiger partial charge in [-0.25, -0.2) is 4.79 Å². The summed E-state index contributed by atoms with van der Waals surface area (Å²) in [5, 5.41) is 10.5. The van der Waals surface area contributed by atoms with Crippen molar-refractivity contribution >= 4 is 11.8 Å². The number of benzene rings is 2. The molecule has 0 saturated heterocycles. The van der Waals surface area contributed by atoms with Crippen LogP contribution >= 0.6 is 0 Å². The molecule has 28 heavy (non-hydrogen) atoms. The van der Waals surface area contributed by atoms with E-state index in [0.717, 1.165) is 31.6 Å². The smallest absolute Gasteiger partial charge is 0.438 e. The van der Waals surface area contributed by atoms with Crippen molar-refractivity contribution in [1.82, 2.24) is 0 Å². The summed E-state index contributed by atoms with van der Waals surface area (Å²) >= 11 is 0. The molecule has 0 bridgehead atoms. The van der Waals surface area contributed by atoms with Gasteiger partial charge >= 0.3 is 12.3 Å². The number of amides is 1. The number of rotatable bonds is 5. The molecule has 0 radical (unpaired) electrons. The molecule has 0 heterocycles. The number of methoxy groups -OCH3 is 1. The molecule has 5 nitrogen and oxygen atoms in total. The van der Waals surface area contributed by atoms with Crippen molar-refractivity contribution in [2.45, 2.75) is 38.5 Å². The van der Waals surface area contributed by atoms with Gasteiger partial charge in [-0.05, 0) is 49.4 Å². The number of hydroxylamine groups is 1. The van der Waals surface area contributed by atoms with Crippen LogP contribution in [0, 0.1) is 6.92 Å². The summed E-state index contributed by atoms with van der Waals surface area (Å²) in [5.74, 6) is -0.0816. The zero-order chi connectivity index (χ0) is 20.5. The lowest BCUT2D eigenvalue weighted by atomic mass is 10.0. The van der Waals surface area contributed by atoms with E-state index < -0.39 is 17.8 Å². The normalized spacial score (nSPS) is 13.9. The van der Waals surface area contributed by atoms with Crippen molar-refractivity contribution in [3.8, 4) is 5.75 Å². The minimum absolute atomic E-state index is 0.122. The molecule has 3 rings (SSSR count). The van der Waals surface area contributed by atoms with Crippen molar-refractivity contribution in [2.24, 2.45) is 0 Å². The van der Waals surface area contributed by atoms with E-state index in [-0.39, 0.29) is 24.0 Å². The van der Waals surface area contributed by atoms with E-state index in [9.17, 15) is 23.2 Å². The van der Waals surface area contributed by atoms with Gasteiger partial charge in [0.2, 0.25) is 0 Å². The second-order valence-corrected chi connectivity index (χ2v) is 6.69. The summed E-state index contributed by atoms with van der Waals surface area (Å²) in [7, 11) is 1.12. The number of alkyl halides is 3. The number of ether oxygens (including phenoxy) is 2. The Morgan fingerprint density at radius 1 is 1.25 bits per heavy atom. The number of hydrogen-bond acceptors (Lipinski definition) is 4. The fraction of sp³-hybridized carbons (Fsp3) is 0.350. The largest absolute Gasteiger partial charge is 0.488 e. The highest BCUT2D eigenvalue weighted by atomic mass is 19.4. The second kappa shape index (κ2) is 7.71. The Balaban J connectivity index is 1.96. The van der Waals surface area contributed by atoms with E-state index in [1.807, 2.05) is 6.07 Å². The maximum absolute atomic E-state index is 13.3. The number of anilines is 1. The van der Waals surface area contributed by atoms with E-state index in [2.05, 4.69) is 4.74 Å². The highest BCUT2D eigenvalue weighted by Crippen LogP contribution is 2.44. The van der Waals surface area contributed by atoms with E-state index in [1.165, 1.54) is 18.2 Å². The minimum atomic E-state index is -4.56. The standard InChI is InChI=1S/C20H20F3NO4/c1-12-6-9-18(16(10-12)20(21,22)23)28-11-15-14(13-7-8-13)4-3-5-17(15)24(26)19(25)27-2/h3-6,9-10,13,26H,7-8,11H2,1-2H3. The third kappa shape index (κ3) is 4.22. The average Bonchev–Trinajstić information content (AvgIpc) is 3.50. The number of nitrogens with zero attached hydrogens (tertiary/aromatic N) is 1. The third-order valence-electron chi connectivity index (χ3n) is 4.59. The van der Waals surface area contributed by atoms with Crippen LogP contribution in [0.3, 0.4) is 0 Å². The Kier molecular flexibility index (Phi) is 5.51. The molecule has 8 heteroatoms. The predicted octanol–water partition coefficient (Wildman–Crippen LogP) is 5.43. The lowest BCUT2D eigenvalue weighted by Gasteiger charge is -2.21. The maximum atomic E-state index is 13.3. The first-order valence-corrected chi connectivity index (χ1v) is 8.71. The van der Waals surface area contributed by atoms with E-state index in [0.29, 0.717) is 16.2 Å². The van der Waals surface area contributed by atoms with Crippen LogP contribution in [0.2, 0.25) is 0 Å². The second-order valence-electron chi connectivity index (χ2n) is 6.69. The molecule has 1 saturated carbocycles. The van der Waals surface area contributed by atoms with Crippen molar-refractivity contribution in [3.63, 3.8) is 0 Å². The molecule has 150 valence electrons. The van der Waals surface area contributed by atoms with Gasteiger partial charge < -0.3 is 9.47 Å². The Labute approximate surface area is 160 Å². The van der Waals surface area contributed by atoms with E-state index >= 15 is 0 Å². The topological polar surface area (TPSA) is 59.0 Å². The molecule has 1 fully saturated rings. The Bertz CT molecular complexity index is 878. The van der Waals surface area contributed by atoms with Gasteiger partial charge in [-0.1, -0.05) is 23.8 Å². The van der Waals surface area contributed by atoms with Crippen LogP contribution in [0.25, 0.3) is 0 Å². The van der Waals surface area contributed by atoms with Gasteiger partial charge in [0, 0.05) is 5.56 Å². The van der Waals surface area contributed by atoms with Gasteiger partial charge in [0.1, 0.15) is 12.4 Å². The van der Waals surface area contributed by atoms with Crippen LogP contribution < -0.4 is 9.80 Å². The summed E-state index contributed by atoms with van der Waals surface area (Å²) in [4.78, 5) is 11.7. The summed E-state index contributed by atoms with van der Waals surface area (Å²) in [6, 6.07) is 8.81. The first kappa shape index (κ1) is 20.0. The fourth-order valence-corrected chi connectivity index (χ4v) is 3.05. The summed E-state index contributed by atoms with van der Waals surface area (Å²) in [5.41, 5.74) is 1.00. The number of aryl methyl sites for hydroxylation is 1. The maximum Gasteiger partial charge on any atom is 0.438 e. The molecule has 2 aromatic rings. The molecule has 0 atom stereocenters. The van der Waals surface area contributed by atoms with Crippen molar-refractivity contribution in [2.75, 3.05) is 12.2 Å². The molecular formula is C20H20F3NO4. The first-order chi connectivity index (χ1) is 13.2. The van der Waals surface area contributed by atoms with Gasteiger partial charge in [0.05, 0.1) is 18.4 Å². The first-order valence-electron chi connectivity index (χ1n) is 8.71. The fourth-order valence-electron chi connectivity index (χ4n) is 3.05. The monoisotopic (exact) mass is 395 g/mol. The van der Waals surface area contributed by atoms with Crippen LogP contribution in [0.4, 0.5) is 23.7 Å². The lowest BCUT2D eigenvalue weighted by molar-refractivity contribution is -0.139. The molecule has 0 spiro atoms. The lowest BCUT2D eigenvalue weighted by Crippen LogP contribution is -2.28. The Morgan fingerprint density at radius 2 is 1.96 bits per heavy atom. The van der Waals surface area contributed by atoms with Crippen LogP contribution in [-0.2, 0) is 17.5 Å². The van der Waals surface area contributed by atoms with Gasteiger partial charge in [-0.15, -0.1) is 0 Å². The van der Waals surface area contributed by atoms with Gasteiger partial charge in [0.25, 0.3) is 0 Å². The highest BCUT2D eigenvalue weighted by Gasteiger charge is 2.35. The van der Waals surface area contributed by atoms with E-state index in [1.54, 1.807) is 13.0 Å².